The summed E-state index contributed by atoms with van der Waals surface area (Å²) in [5, 5.41) is 40.4. The summed E-state index contributed by atoms with van der Waals surface area (Å²) in [7, 11) is 0. The van der Waals surface area contributed by atoms with Crippen LogP contribution in [0.5, 0.6) is 11.5 Å². The second-order valence-electron chi connectivity index (χ2n) is 14.7. The van der Waals surface area contributed by atoms with Crippen LogP contribution in [0.15, 0.2) is 85.1 Å². The van der Waals surface area contributed by atoms with Crippen molar-refractivity contribution < 1.29 is 20.4 Å². The average molecular weight is 858 g/mol. The molecule has 2 heterocycles. The average Bonchev–Trinajstić information content (AvgIpc) is 3.70. The molecule has 9 nitrogen and oxygen atoms in total. The number of aliphatic hydroxyl groups excluding tert-OH is 2. The smallest absolute Gasteiger partial charge is 0.126 e. The number of nitrogens with zero attached hydrogens (tertiary/aromatic N) is 4. The molecule has 10 heteroatoms. The summed E-state index contributed by atoms with van der Waals surface area (Å²) >= 11 is 1.57. The second kappa shape index (κ2) is 34.3. The second-order valence-corrected chi connectivity index (χ2v) is 15.7. The van der Waals surface area contributed by atoms with Gasteiger partial charge in [-0.1, -0.05) is 123 Å². The molecule has 61 heavy (non-hydrogen) atoms. The number of unbranched alkanes of at least 4 members (excludes halogenated alkanes) is 6. The number of likely N-dealkylation sites (N-methyl/N-ethyl adjacent to an activating group) is 1. The maximum Gasteiger partial charge on any atom is 0.126 e. The van der Waals surface area contributed by atoms with E-state index in [1.54, 1.807) is 35.6 Å². The van der Waals surface area contributed by atoms with Gasteiger partial charge in [-0.25, -0.2) is 4.98 Å². The van der Waals surface area contributed by atoms with E-state index in [2.05, 4.69) is 109 Å². The Kier molecular flexibility index (Phi) is 30.7. The van der Waals surface area contributed by atoms with E-state index in [1.165, 1.54) is 51.4 Å². The van der Waals surface area contributed by atoms with Crippen LogP contribution in [0.25, 0.3) is 32.9 Å². The lowest BCUT2D eigenvalue weighted by Gasteiger charge is -2.18. The molecule has 5 rings (SSSR count). The number of fused-ring (bicyclic) bond motifs is 1. The zero-order chi connectivity index (χ0) is 43.8. The number of nitrogens with one attached hydrogen (secondary N) is 1. The molecule has 0 saturated heterocycles. The van der Waals surface area contributed by atoms with Crippen molar-refractivity contribution >= 4 is 39.4 Å². The summed E-state index contributed by atoms with van der Waals surface area (Å²) < 4.78 is 0.993. The summed E-state index contributed by atoms with van der Waals surface area (Å²) in [6, 6.07) is 24.8. The monoisotopic (exact) mass is 858 g/mol. The standard InChI is InChI=1S/C16H17NO.C15H14N2OS.C10H23NO.C9H21NO.CH4/c1-2-17-15-9-5-13(6-10-15)3-4-14-7-11-16(18)12-8-14;1-2-3-11-5-4-10(9-16-11)15-17-13-7-6-12(18)8-14(13)19-15;1-3-5-6-7-8-11(4-2)9-10-12;1-3-5-6-7-8-10(4-2)9-11;/h3-12,17-18H,2H2,1H3;4-9,18H,2-3H2,1H3;12H,3-10H2,1-2H3;11H,3-9H2,1-2H3;1H4/b4-3+;;;;. The van der Waals surface area contributed by atoms with Crippen molar-refractivity contribution in [3.8, 4) is 22.1 Å². The molecule has 5 N–H and O–H groups in total. The molecule has 0 saturated carbocycles. The topological polar surface area (TPSA) is 125 Å². The molecule has 0 aliphatic rings. The Balaban J connectivity index is 0.000000417. The molecule has 0 aliphatic heterocycles. The van der Waals surface area contributed by atoms with Crippen LogP contribution >= 0.6 is 11.3 Å². The summed E-state index contributed by atoms with van der Waals surface area (Å²) in [5.41, 5.74) is 6.42. The normalized spacial score (nSPS) is 10.7. The summed E-state index contributed by atoms with van der Waals surface area (Å²) in [4.78, 5) is 13.4. The van der Waals surface area contributed by atoms with Crippen molar-refractivity contribution in [1.29, 1.82) is 0 Å². The molecule has 0 fully saturated rings. The number of phenolic OH excluding ortho intramolecular Hbond substituents is 2. The number of benzene rings is 3. The first kappa shape index (κ1) is 54.7. The Labute approximate surface area is 373 Å². The Morgan fingerprint density at radius 1 is 0.639 bits per heavy atom. The van der Waals surface area contributed by atoms with Gasteiger partial charge in [0.15, 0.2) is 0 Å². The van der Waals surface area contributed by atoms with E-state index in [4.69, 9.17) is 10.2 Å². The lowest BCUT2D eigenvalue weighted by atomic mass is 10.1. The van der Waals surface area contributed by atoms with Crippen LogP contribution in [-0.2, 0) is 6.42 Å². The molecule has 0 aliphatic carbocycles. The molecule has 0 unspecified atom stereocenters. The van der Waals surface area contributed by atoms with E-state index >= 15 is 0 Å². The lowest BCUT2D eigenvalue weighted by molar-refractivity contribution is 0.111. The van der Waals surface area contributed by atoms with Gasteiger partial charge in [0.2, 0.25) is 0 Å². The molecular formula is C51H79N5O4S. The number of aryl methyl sites for hydroxylation is 1. The van der Waals surface area contributed by atoms with Gasteiger partial charge in [0, 0.05) is 42.8 Å². The molecule has 0 radical (unpaired) electrons. The molecule has 0 spiro atoms. The van der Waals surface area contributed by atoms with Crippen LogP contribution in [-0.4, -0.2) is 92.8 Å². The van der Waals surface area contributed by atoms with E-state index in [0.717, 1.165) is 95.4 Å². The van der Waals surface area contributed by atoms with E-state index in [-0.39, 0.29) is 19.9 Å². The SMILES string of the molecule is C.CCCCCCN(CC)CCO.CCCCCCN(CC)CO.CCCc1ccc(-c2nc3ccc(O)cc3s2)cn1.CCNc1ccc(/C=C/c2ccc(O)cc2)cc1. The van der Waals surface area contributed by atoms with E-state index in [0.29, 0.717) is 12.4 Å². The number of pyridine rings is 1. The Morgan fingerprint density at radius 3 is 1.74 bits per heavy atom. The number of aromatic nitrogens is 2. The fraction of sp³-hybridized carbons (Fsp3) is 0.490. The number of aromatic hydroxyl groups is 2. The fourth-order valence-electron chi connectivity index (χ4n) is 6.11. The molecule has 5 aromatic rings. The van der Waals surface area contributed by atoms with Crippen LogP contribution in [0.1, 0.15) is 124 Å². The van der Waals surface area contributed by atoms with Crippen molar-refractivity contribution in [2.75, 3.05) is 57.9 Å². The minimum atomic E-state index is 0. The summed E-state index contributed by atoms with van der Waals surface area (Å²) in [6.45, 7) is 19.4. The van der Waals surface area contributed by atoms with Crippen LogP contribution < -0.4 is 5.32 Å². The summed E-state index contributed by atoms with van der Waals surface area (Å²) in [5.74, 6) is 0.571. The van der Waals surface area contributed by atoms with E-state index < -0.39 is 0 Å². The van der Waals surface area contributed by atoms with Crippen molar-refractivity contribution in [2.24, 2.45) is 0 Å². The van der Waals surface area contributed by atoms with Gasteiger partial charge in [-0.05, 0) is 112 Å². The van der Waals surface area contributed by atoms with Crippen LogP contribution in [0.3, 0.4) is 0 Å². The van der Waals surface area contributed by atoms with E-state index in [9.17, 15) is 10.2 Å². The van der Waals surface area contributed by atoms with Gasteiger partial charge in [-0.15, -0.1) is 11.3 Å². The zero-order valence-electron chi connectivity index (χ0n) is 37.5. The third-order valence-corrected chi connectivity index (χ3v) is 10.8. The van der Waals surface area contributed by atoms with Crippen molar-refractivity contribution in [1.82, 2.24) is 19.8 Å². The Hall–Kier alpha value is -4.32. The molecule has 2 aromatic heterocycles. The van der Waals surface area contributed by atoms with Crippen molar-refractivity contribution in [3.05, 3.63) is 102 Å². The highest BCUT2D eigenvalue weighted by Gasteiger charge is 2.07. The van der Waals surface area contributed by atoms with Gasteiger partial charge in [0.1, 0.15) is 16.5 Å². The maximum absolute atomic E-state index is 9.47. The number of aliphatic hydroxyl groups is 2. The van der Waals surface area contributed by atoms with Gasteiger partial charge in [0.25, 0.3) is 0 Å². The van der Waals surface area contributed by atoms with Crippen LogP contribution in [0, 0.1) is 0 Å². The molecule has 3 aromatic carbocycles. The Bertz CT molecular complexity index is 1810. The lowest BCUT2D eigenvalue weighted by Crippen LogP contribution is -2.27. The van der Waals surface area contributed by atoms with Crippen molar-refractivity contribution in [2.45, 2.75) is 113 Å². The predicted octanol–water partition coefficient (Wildman–Crippen LogP) is 12.4. The van der Waals surface area contributed by atoms with Gasteiger partial charge in [0.05, 0.1) is 23.6 Å². The number of phenols is 2. The first-order valence-corrected chi connectivity index (χ1v) is 23.1. The molecule has 338 valence electrons. The maximum atomic E-state index is 9.47. The highest BCUT2D eigenvalue weighted by atomic mass is 32.1. The highest BCUT2D eigenvalue weighted by Crippen LogP contribution is 2.31. The van der Waals surface area contributed by atoms with Gasteiger partial charge in [-0.2, -0.15) is 0 Å². The number of rotatable bonds is 22. The number of hydrogen-bond donors (Lipinski definition) is 5. The minimum absolute atomic E-state index is 0. The molecular weight excluding hydrogens is 779 g/mol. The number of thiazole rings is 1. The third kappa shape index (κ3) is 23.5. The molecule has 0 atom stereocenters. The molecule has 0 bridgehead atoms. The highest BCUT2D eigenvalue weighted by molar-refractivity contribution is 7.21. The van der Waals surface area contributed by atoms with Gasteiger partial charge >= 0.3 is 0 Å². The summed E-state index contributed by atoms with van der Waals surface area (Å²) in [6.07, 6.45) is 18.5. The quantitative estimate of drug-likeness (QED) is 0.0263. The van der Waals surface area contributed by atoms with E-state index in [1.807, 2.05) is 30.5 Å². The first-order chi connectivity index (χ1) is 29.2. The first-order valence-electron chi connectivity index (χ1n) is 22.3. The van der Waals surface area contributed by atoms with Gasteiger partial charge < -0.3 is 30.6 Å². The van der Waals surface area contributed by atoms with Crippen molar-refractivity contribution in [3.63, 3.8) is 0 Å². The third-order valence-electron chi connectivity index (χ3n) is 9.77. The van der Waals surface area contributed by atoms with Gasteiger partial charge in [-0.3, -0.25) is 9.88 Å². The van der Waals surface area contributed by atoms with Crippen LogP contribution in [0.4, 0.5) is 5.69 Å². The fourth-order valence-corrected chi connectivity index (χ4v) is 7.10. The van der Waals surface area contributed by atoms with Crippen LogP contribution in [0.2, 0.25) is 0 Å². The zero-order valence-corrected chi connectivity index (χ0v) is 38.3. The number of anilines is 1. The minimum Gasteiger partial charge on any atom is -0.508 e. The molecule has 0 amide bonds. The largest absolute Gasteiger partial charge is 0.508 e. The number of hydrogen-bond acceptors (Lipinski definition) is 10. The Morgan fingerprint density at radius 2 is 1.23 bits per heavy atom. The predicted molar refractivity (Wildman–Crippen MR) is 265 cm³/mol.